The van der Waals surface area contributed by atoms with Crippen LogP contribution in [0, 0.1) is 0 Å². The molecular formula is C23H24IrN3O4-. The first kappa shape index (κ1) is 26.0. The third-order valence-corrected chi connectivity index (χ3v) is 3.62. The molecule has 0 unspecified atom stereocenters. The van der Waals surface area contributed by atoms with E-state index in [0.717, 1.165) is 5.69 Å². The third kappa shape index (κ3) is 10.00. The van der Waals surface area contributed by atoms with Gasteiger partial charge in [0.1, 0.15) is 5.75 Å². The van der Waals surface area contributed by atoms with Crippen molar-refractivity contribution in [1.82, 2.24) is 9.97 Å². The molecule has 1 aromatic carbocycles. The molecule has 2 heterocycles. The van der Waals surface area contributed by atoms with Crippen LogP contribution in [0.5, 0.6) is 11.6 Å². The van der Waals surface area contributed by atoms with Crippen molar-refractivity contribution in [2.24, 2.45) is 0 Å². The Morgan fingerprint density at radius 3 is 2.42 bits per heavy atom. The summed E-state index contributed by atoms with van der Waals surface area (Å²) in [4.78, 5) is 18.6. The number of carbonyl (C=O) groups excluding carboxylic acids is 1. The molecule has 0 aliphatic rings. The topological polar surface area (TPSA) is 107 Å². The molecule has 8 heteroatoms. The van der Waals surface area contributed by atoms with Crippen LogP contribution in [0.2, 0.25) is 0 Å². The van der Waals surface area contributed by atoms with Crippen molar-refractivity contribution in [3.05, 3.63) is 89.7 Å². The van der Waals surface area contributed by atoms with Gasteiger partial charge in [0.15, 0.2) is 5.78 Å². The average Bonchev–Trinajstić information content (AvgIpc) is 2.72. The summed E-state index contributed by atoms with van der Waals surface area (Å²) in [7, 11) is 0. The molecule has 2 N–H and O–H groups in total. The fourth-order valence-electron chi connectivity index (χ4n) is 2.39. The van der Waals surface area contributed by atoms with Gasteiger partial charge in [0.25, 0.3) is 0 Å². The number of para-hydroxylation sites is 1. The monoisotopic (exact) mass is 599 g/mol. The molecule has 0 saturated heterocycles. The van der Waals surface area contributed by atoms with Crippen LogP contribution in [0.1, 0.15) is 19.5 Å². The van der Waals surface area contributed by atoms with Crippen LogP contribution in [0.15, 0.2) is 78.7 Å². The molecule has 0 amide bonds. The van der Waals surface area contributed by atoms with Gasteiger partial charge in [-0.1, -0.05) is 24.3 Å². The Bertz CT molecular complexity index is 977. The summed E-state index contributed by atoms with van der Waals surface area (Å²) >= 11 is 0. The first-order chi connectivity index (χ1) is 14.5. The average molecular weight is 599 g/mol. The van der Waals surface area contributed by atoms with Gasteiger partial charge >= 0.3 is 0 Å². The molecule has 0 spiro atoms. The number of aromatic nitrogens is 2. The van der Waals surface area contributed by atoms with Crippen LogP contribution in [0.25, 0.3) is 16.6 Å². The van der Waals surface area contributed by atoms with Gasteiger partial charge in [-0.2, -0.15) is 0 Å². The van der Waals surface area contributed by atoms with Gasteiger partial charge in [-0.25, -0.2) is 4.98 Å². The number of pyridine rings is 2. The first-order valence-corrected chi connectivity index (χ1v) is 9.25. The van der Waals surface area contributed by atoms with Gasteiger partial charge < -0.3 is 20.3 Å². The van der Waals surface area contributed by atoms with E-state index in [-0.39, 0.29) is 44.1 Å². The zero-order chi connectivity index (χ0) is 21.8. The number of ether oxygens (including phenoxy) is 1. The second-order valence-electron chi connectivity index (χ2n) is 6.25. The largest absolute Gasteiger partial charge is 0.624 e. The smallest absolute Gasteiger partial charge is 0.212 e. The van der Waals surface area contributed by atoms with Crippen molar-refractivity contribution in [1.29, 1.82) is 0 Å². The molecule has 165 valence electrons. The van der Waals surface area contributed by atoms with Crippen molar-refractivity contribution in [3.8, 4) is 22.9 Å². The van der Waals surface area contributed by atoms with Crippen molar-refractivity contribution in [2.45, 2.75) is 20.4 Å². The molecule has 0 saturated carbocycles. The Morgan fingerprint density at radius 2 is 1.81 bits per heavy atom. The van der Waals surface area contributed by atoms with E-state index in [2.05, 4.69) is 15.3 Å². The predicted octanol–water partition coefficient (Wildman–Crippen LogP) is 4.79. The Kier molecular flexibility index (Phi) is 11.8. The number of allylic oxidation sites excluding steroid dienone is 2. The van der Waals surface area contributed by atoms with E-state index in [0.29, 0.717) is 23.7 Å². The van der Waals surface area contributed by atoms with Crippen LogP contribution in [0.3, 0.4) is 0 Å². The van der Waals surface area contributed by atoms with E-state index in [1.807, 2.05) is 42.5 Å². The number of carbonyl (C=O) groups is 1. The summed E-state index contributed by atoms with van der Waals surface area (Å²) in [6.07, 6.45) is 2.91. The van der Waals surface area contributed by atoms with Crippen LogP contribution in [-0.4, -0.2) is 32.7 Å². The van der Waals surface area contributed by atoms with Crippen LogP contribution in [0.4, 0.5) is 0 Å². The fourth-order valence-corrected chi connectivity index (χ4v) is 2.39. The van der Waals surface area contributed by atoms with Crippen LogP contribution >= 0.6 is 0 Å². The van der Waals surface area contributed by atoms with Gasteiger partial charge in [0.05, 0.1) is 11.5 Å². The van der Waals surface area contributed by atoms with Gasteiger partial charge in [0.2, 0.25) is 5.88 Å². The maximum atomic E-state index is 10.0. The quantitative estimate of drug-likeness (QED) is 0.230. The fraction of sp³-hybridized carbons (Fsp3) is 0.174. The predicted molar refractivity (Wildman–Crippen MR) is 115 cm³/mol. The zero-order valence-electron chi connectivity index (χ0n) is 17.2. The summed E-state index contributed by atoms with van der Waals surface area (Å²) in [5.41, 5.74) is 2.22. The summed E-state index contributed by atoms with van der Waals surface area (Å²) in [5.74, 6) is 0.597. The third-order valence-electron chi connectivity index (χ3n) is 3.62. The number of aliphatic hydroxyl groups excluding tert-OH is 1. The molecular weight excluding hydrogens is 574 g/mol. The molecule has 0 fully saturated rings. The van der Waals surface area contributed by atoms with E-state index >= 15 is 0 Å². The molecule has 0 aliphatic heterocycles. The second-order valence-corrected chi connectivity index (χ2v) is 6.25. The molecule has 0 aliphatic carbocycles. The van der Waals surface area contributed by atoms with Gasteiger partial charge in [0, 0.05) is 56.4 Å². The Balaban J connectivity index is 0.000000523. The van der Waals surface area contributed by atoms with Crippen molar-refractivity contribution in [2.75, 3.05) is 6.73 Å². The summed E-state index contributed by atoms with van der Waals surface area (Å²) < 4.78 is 5.54. The number of phenols is 1. The Labute approximate surface area is 195 Å². The number of nitrogens with zero attached hydrogens (tertiary/aromatic N) is 3. The number of aromatic hydroxyl groups is 1. The minimum atomic E-state index is -0.125. The summed E-state index contributed by atoms with van der Waals surface area (Å²) in [6.45, 7) is 3.55. The van der Waals surface area contributed by atoms with E-state index in [1.54, 1.807) is 24.4 Å². The summed E-state index contributed by atoms with van der Waals surface area (Å²) in [6, 6.07) is 18.2. The molecule has 0 atom stereocenters. The minimum absolute atomic E-state index is 0. The second kappa shape index (κ2) is 14.0. The summed E-state index contributed by atoms with van der Waals surface area (Å²) in [5, 5.41) is 22.5. The van der Waals surface area contributed by atoms with E-state index in [9.17, 15) is 9.90 Å². The first-order valence-electron chi connectivity index (χ1n) is 9.25. The molecule has 3 rings (SSSR count). The number of rotatable bonds is 7. The molecule has 1 radical (unpaired) electrons. The SMILES string of the molecule is CC(=O)/C=C(/C)O.Oc1ccccc1-c1cccc(OC[N-]Cc2ccccn2)n1.[Ir]. The van der Waals surface area contributed by atoms with Crippen molar-refractivity contribution < 1.29 is 39.8 Å². The Hall–Kier alpha value is -3.06. The van der Waals surface area contributed by atoms with Crippen molar-refractivity contribution >= 4 is 5.78 Å². The Morgan fingerprint density at radius 1 is 1.06 bits per heavy atom. The van der Waals surface area contributed by atoms with E-state index in [1.165, 1.54) is 19.9 Å². The number of aliphatic hydroxyl groups is 1. The number of phenolic OH excluding ortho intramolecular Hbond substituents is 1. The standard InChI is InChI=1S/C18H16N3O2.C5H8O2.Ir/c22-17-9-2-1-7-15(17)16-8-5-10-18(21-16)23-13-19-12-14-6-3-4-11-20-14;1-4(6)3-5(2)7;/h1-11,22H,12-13H2;3,6H,1-2H3;/q-1;;/b;4-3-;. The van der Waals surface area contributed by atoms with Gasteiger partial charge in [-0.15, -0.1) is 6.54 Å². The van der Waals surface area contributed by atoms with E-state index in [4.69, 9.17) is 9.84 Å². The van der Waals surface area contributed by atoms with Crippen molar-refractivity contribution in [3.63, 3.8) is 0 Å². The molecule has 7 nitrogen and oxygen atoms in total. The number of hydrogen-bond acceptors (Lipinski definition) is 6. The normalized spacial score (nSPS) is 10.3. The number of ketones is 1. The number of benzene rings is 1. The minimum Gasteiger partial charge on any atom is -0.624 e. The maximum absolute atomic E-state index is 10.0. The number of hydrogen-bond donors (Lipinski definition) is 2. The van der Waals surface area contributed by atoms with Gasteiger partial charge in [-0.3, -0.25) is 9.78 Å². The van der Waals surface area contributed by atoms with Crippen LogP contribution in [-0.2, 0) is 31.4 Å². The van der Waals surface area contributed by atoms with Crippen LogP contribution < -0.4 is 4.74 Å². The van der Waals surface area contributed by atoms with E-state index < -0.39 is 0 Å². The molecule has 31 heavy (non-hydrogen) atoms. The molecule has 0 bridgehead atoms. The molecule has 3 aromatic rings. The zero-order valence-corrected chi connectivity index (χ0v) is 19.6. The maximum Gasteiger partial charge on any atom is 0.212 e. The van der Waals surface area contributed by atoms with Gasteiger partial charge in [-0.05, 0) is 44.2 Å². The molecule has 2 aromatic heterocycles.